The van der Waals surface area contributed by atoms with Gasteiger partial charge in [0.25, 0.3) is 0 Å². The van der Waals surface area contributed by atoms with E-state index in [1.807, 2.05) is 13.8 Å². The first kappa shape index (κ1) is 17.0. The van der Waals surface area contributed by atoms with E-state index in [2.05, 4.69) is 0 Å². The van der Waals surface area contributed by atoms with Gasteiger partial charge in [0.1, 0.15) is 5.75 Å². The van der Waals surface area contributed by atoms with Crippen LogP contribution in [0.4, 0.5) is 11.4 Å². The first-order valence-electron chi connectivity index (χ1n) is 7.91. The molecule has 2 aromatic carbocycles. The number of Topliss-reactive ketones (excluding diaryl/α,β-unsaturated/α-hetero) is 2. The summed E-state index contributed by atoms with van der Waals surface area (Å²) in [4.78, 5) is 25.8. The van der Waals surface area contributed by atoms with Crippen LogP contribution in [0, 0.1) is 0 Å². The van der Waals surface area contributed by atoms with E-state index in [4.69, 9.17) is 16.2 Å². The number of aliphatic hydroxyl groups is 1. The zero-order valence-corrected chi connectivity index (χ0v) is 14.3. The summed E-state index contributed by atoms with van der Waals surface area (Å²) >= 11 is 0. The van der Waals surface area contributed by atoms with Gasteiger partial charge in [0.2, 0.25) is 17.2 Å². The van der Waals surface area contributed by atoms with Crippen molar-refractivity contribution in [3.05, 3.63) is 52.6 Å². The second-order valence-electron chi connectivity index (χ2n) is 6.47. The Labute approximate surface area is 145 Å². The number of ether oxygens (including phenoxy) is 1. The normalized spacial score (nSPS) is 19.4. The van der Waals surface area contributed by atoms with Gasteiger partial charge in [-0.15, -0.1) is 0 Å². The van der Waals surface area contributed by atoms with E-state index in [9.17, 15) is 14.7 Å². The highest BCUT2D eigenvalue weighted by atomic mass is 16.5. The summed E-state index contributed by atoms with van der Waals surface area (Å²) < 4.78 is 5.34. The lowest BCUT2D eigenvalue weighted by Crippen LogP contribution is -2.38. The average molecular weight is 340 g/mol. The number of hydrogen-bond donors (Lipinski definition) is 3. The molecular weight excluding hydrogens is 320 g/mol. The van der Waals surface area contributed by atoms with Crippen LogP contribution in [0.25, 0.3) is 0 Å². The molecule has 0 aromatic heterocycles. The zero-order valence-electron chi connectivity index (χ0n) is 14.3. The van der Waals surface area contributed by atoms with Crippen molar-refractivity contribution in [2.45, 2.75) is 25.4 Å². The summed E-state index contributed by atoms with van der Waals surface area (Å²) in [5, 5.41) is 11.1. The summed E-state index contributed by atoms with van der Waals surface area (Å²) in [6.45, 7) is 4.02. The van der Waals surface area contributed by atoms with Crippen LogP contribution in [0.5, 0.6) is 5.75 Å². The summed E-state index contributed by atoms with van der Waals surface area (Å²) in [7, 11) is 1.43. The minimum Gasteiger partial charge on any atom is -0.496 e. The summed E-state index contributed by atoms with van der Waals surface area (Å²) in [6, 6.07) is 7.90. The molecule has 0 heterocycles. The third kappa shape index (κ3) is 2.21. The van der Waals surface area contributed by atoms with Crippen LogP contribution >= 0.6 is 0 Å². The predicted molar refractivity (Wildman–Crippen MR) is 94.9 cm³/mol. The van der Waals surface area contributed by atoms with E-state index >= 15 is 0 Å². The van der Waals surface area contributed by atoms with Crippen molar-refractivity contribution in [3.8, 4) is 5.75 Å². The van der Waals surface area contributed by atoms with Gasteiger partial charge in [-0.25, -0.2) is 0 Å². The molecule has 0 saturated carbocycles. The van der Waals surface area contributed by atoms with Crippen molar-refractivity contribution in [1.82, 2.24) is 0 Å². The van der Waals surface area contributed by atoms with Crippen LogP contribution in [0.15, 0.2) is 30.3 Å². The summed E-state index contributed by atoms with van der Waals surface area (Å²) in [6.07, 6.45) is 0. The van der Waals surface area contributed by atoms with Crippen molar-refractivity contribution < 1.29 is 19.4 Å². The fraction of sp³-hybridized carbons (Fsp3) is 0.263. The maximum Gasteiger partial charge on any atom is 0.220 e. The maximum atomic E-state index is 12.9. The first-order chi connectivity index (χ1) is 11.7. The molecule has 0 radical (unpaired) electrons. The Bertz CT molecular complexity index is 905. The quantitative estimate of drug-likeness (QED) is 0.583. The van der Waals surface area contributed by atoms with Crippen LogP contribution in [-0.2, 0) is 5.60 Å². The summed E-state index contributed by atoms with van der Waals surface area (Å²) in [5.41, 5.74) is 10.5. The fourth-order valence-electron chi connectivity index (χ4n) is 3.16. The van der Waals surface area contributed by atoms with E-state index in [0.717, 1.165) is 5.56 Å². The van der Waals surface area contributed by atoms with E-state index in [0.29, 0.717) is 0 Å². The minimum atomic E-state index is -2.37. The van der Waals surface area contributed by atoms with Crippen LogP contribution in [0.2, 0.25) is 0 Å². The number of nitrogen functional groups attached to an aromatic ring is 2. The number of carbonyl (C=O) groups excluding carboxylic acids is 2. The van der Waals surface area contributed by atoms with Gasteiger partial charge < -0.3 is 21.3 Å². The predicted octanol–water partition coefficient (Wildman–Crippen LogP) is 2.25. The molecule has 1 atom stereocenters. The second-order valence-corrected chi connectivity index (χ2v) is 6.47. The molecule has 6 heteroatoms. The molecule has 5 N–H and O–H groups in total. The van der Waals surface area contributed by atoms with Gasteiger partial charge >= 0.3 is 0 Å². The third-order valence-electron chi connectivity index (χ3n) is 4.69. The number of rotatable bonds is 3. The number of anilines is 2. The molecular formula is C19H20N2O4. The van der Waals surface area contributed by atoms with Gasteiger partial charge in [0, 0.05) is 11.1 Å². The zero-order chi connectivity index (χ0) is 18.5. The molecule has 130 valence electrons. The lowest BCUT2D eigenvalue weighted by atomic mass is 9.86. The molecule has 1 unspecified atom stereocenters. The highest BCUT2D eigenvalue weighted by Crippen LogP contribution is 2.44. The van der Waals surface area contributed by atoms with Gasteiger partial charge in [-0.05, 0) is 29.7 Å². The van der Waals surface area contributed by atoms with Gasteiger partial charge in [-0.2, -0.15) is 0 Å². The molecule has 0 spiro atoms. The third-order valence-corrected chi connectivity index (χ3v) is 4.69. The Morgan fingerprint density at radius 3 is 2.36 bits per heavy atom. The molecule has 0 saturated heterocycles. The topological polar surface area (TPSA) is 116 Å². The van der Waals surface area contributed by atoms with Crippen molar-refractivity contribution >= 4 is 22.9 Å². The standard InChI is InChI=1S/C19H20N2O4/c1-9(2)10-4-6-12(14(8-10)25-3)19(24)17(22)11-5-7-13(20)16(21)15(11)18(19)23/h4-9,24H,20-21H2,1-3H3. The monoisotopic (exact) mass is 340 g/mol. The van der Waals surface area contributed by atoms with Crippen molar-refractivity contribution in [2.75, 3.05) is 18.6 Å². The van der Waals surface area contributed by atoms with Crippen LogP contribution < -0.4 is 16.2 Å². The first-order valence-corrected chi connectivity index (χ1v) is 7.91. The van der Waals surface area contributed by atoms with Crippen molar-refractivity contribution in [2.24, 2.45) is 0 Å². The molecule has 0 aliphatic heterocycles. The lowest BCUT2D eigenvalue weighted by molar-refractivity contribution is 0.0313. The van der Waals surface area contributed by atoms with E-state index in [1.165, 1.54) is 19.2 Å². The number of methoxy groups -OCH3 is 1. The Morgan fingerprint density at radius 2 is 1.76 bits per heavy atom. The number of ketones is 2. The Hall–Kier alpha value is -2.86. The molecule has 1 aliphatic carbocycles. The number of fused-ring (bicyclic) bond motifs is 1. The molecule has 2 aromatic rings. The maximum absolute atomic E-state index is 12.9. The molecule has 0 fully saturated rings. The molecule has 25 heavy (non-hydrogen) atoms. The van der Waals surface area contributed by atoms with Gasteiger partial charge in [0.05, 0.1) is 24.0 Å². The Kier molecular flexibility index (Phi) is 3.80. The van der Waals surface area contributed by atoms with Crippen molar-refractivity contribution in [3.63, 3.8) is 0 Å². The SMILES string of the molecule is COc1cc(C(C)C)ccc1C1(O)C(=O)c2ccc(N)c(N)c2C1=O. The van der Waals surface area contributed by atoms with Gasteiger partial charge in [-0.1, -0.05) is 26.0 Å². The van der Waals surface area contributed by atoms with Crippen molar-refractivity contribution in [1.29, 1.82) is 0 Å². The minimum absolute atomic E-state index is 0.00421. The fourth-order valence-corrected chi connectivity index (χ4v) is 3.16. The highest BCUT2D eigenvalue weighted by Gasteiger charge is 2.55. The molecule has 3 rings (SSSR count). The van der Waals surface area contributed by atoms with E-state index < -0.39 is 17.2 Å². The molecule has 0 amide bonds. The molecule has 1 aliphatic rings. The smallest absolute Gasteiger partial charge is 0.220 e. The number of nitrogens with two attached hydrogens (primary N) is 2. The largest absolute Gasteiger partial charge is 0.496 e. The number of carbonyl (C=O) groups is 2. The van der Waals surface area contributed by atoms with E-state index in [1.54, 1.807) is 18.2 Å². The second kappa shape index (κ2) is 5.60. The van der Waals surface area contributed by atoms with Crippen LogP contribution in [0.1, 0.15) is 51.6 Å². The van der Waals surface area contributed by atoms with E-state index in [-0.39, 0.29) is 39.7 Å². The number of benzene rings is 2. The Balaban J connectivity index is 2.23. The molecule has 0 bridgehead atoms. The van der Waals surface area contributed by atoms with Crippen LogP contribution in [0.3, 0.4) is 0 Å². The van der Waals surface area contributed by atoms with Gasteiger partial charge in [0.15, 0.2) is 0 Å². The van der Waals surface area contributed by atoms with Crippen LogP contribution in [-0.4, -0.2) is 23.8 Å². The number of hydrogen-bond acceptors (Lipinski definition) is 6. The average Bonchev–Trinajstić information content (AvgIpc) is 2.79. The molecule has 6 nitrogen and oxygen atoms in total. The Morgan fingerprint density at radius 1 is 1.08 bits per heavy atom. The summed E-state index contributed by atoms with van der Waals surface area (Å²) in [5.74, 6) is -1.02. The van der Waals surface area contributed by atoms with Gasteiger partial charge in [-0.3, -0.25) is 9.59 Å². The highest BCUT2D eigenvalue weighted by molar-refractivity contribution is 6.34. The lowest BCUT2D eigenvalue weighted by Gasteiger charge is -2.23.